The quantitative estimate of drug-likeness (QED) is 0.479. The fourth-order valence-corrected chi connectivity index (χ4v) is 5.34. The number of rotatable bonds is 7. The lowest BCUT2D eigenvalue weighted by Crippen LogP contribution is -2.53. The van der Waals surface area contributed by atoms with Gasteiger partial charge in [-0.1, -0.05) is 19.1 Å². The molecule has 1 aromatic heterocycles. The molecule has 0 unspecified atom stereocenters. The number of halogens is 2. The van der Waals surface area contributed by atoms with E-state index in [0.29, 0.717) is 28.7 Å². The van der Waals surface area contributed by atoms with Crippen LogP contribution in [-0.2, 0) is 11.2 Å². The Hall–Kier alpha value is -3.66. The molecule has 190 valence electrons. The van der Waals surface area contributed by atoms with Gasteiger partial charge in [0.2, 0.25) is 0 Å². The molecule has 1 saturated heterocycles. The topological polar surface area (TPSA) is 89.1 Å². The summed E-state index contributed by atoms with van der Waals surface area (Å²) in [5.41, 5.74) is 1.55. The zero-order valence-corrected chi connectivity index (χ0v) is 20.3. The summed E-state index contributed by atoms with van der Waals surface area (Å²) in [6, 6.07) is 10.1. The van der Waals surface area contributed by atoms with Crippen LogP contribution in [0.1, 0.15) is 36.7 Å². The van der Waals surface area contributed by atoms with E-state index in [1.807, 2.05) is 18.9 Å². The minimum absolute atomic E-state index is 0.0128. The minimum Gasteiger partial charge on any atom is -0.508 e. The lowest BCUT2D eigenvalue weighted by Gasteiger charge is -2.42. The molecular weight excluding hydrogens is 470 g/mol. The molecule has 36 heavy (non-hydrogen) atoms. The lowest BCUT2D eigenvalue weighted by molar-refractivity contribution is -0.133. The number of aromatic hydroxyl groups is 1. The number of carbonyl (C=O) groups is 2. The molecule has 1 fully saturated rings. The van der Waals surface area contributed by atoms with Crippen LogP contribution in [-0.4, -0.2) is 75.6 Å². The van der Waals surface area contributed by atoms with Crippen LogP contribution in [0, 0.1) is 0 Å². The van der Waals surface area contributed by atoms with Crippen LogP contribution in [0.5, 0.6) is 11.5 Å². The Morgan fingerprint density at radius 3 is 2.72 bits per heavy atom. The number of hydrogen-bond donors (Lipinski definition) is 2. The van der Waals surface area contributed by atoms with Gasteiger partial charge in [0.15, 0.2) is 0 Å². The third-order valence-electron chi connectivity index (χ3n) is 7.29. The SMILES string of the molecule is CCN(C)CCN1C(=O)N2[C@H](c3cccc(O)c3)c3[nH]c4ccc(OC(F)F)cc4c3C[C@@]2(C)C1=O. The fraction of sp³-hybridized carbons (Fsp3) is 0.385. The molecule has 8 nitrogen and oxygen atoms in total. The number of imide groups is 1. The molecule has 2 aromatic carbocycles. The number of hydrogen-bond acceptors (Lipinski definition) is 5. The van der Waals surface area contributed by atoms with Crippen LogP contribution in [0.2, 0.25) is 0 Å². The number of fused-ring (bicyclic) bond motifs is 4. The maximum Gasteiger partial charge on any atom is 0.387 e. The molecular formula is C26H28F2N4O4. The highest BCUT2D eigenvalue weighted by molar-refractivity contribution is 6.08. The second-order valence-corrected chi connectivity index (χ2v) is 9.56. The van der Waals surface area contributed by atoms with Crippen molar-refractivity contribution in [3.63, 3.8) is 0 Å². The van der Waals surface area contributed by atoms with Gasteiger partial charge in [-0.3, -0.25) is 14.6 Å². The normalized spacial score (nSPS) is 21.6. The summed E-state index contributed by atoms with van der Waals surface area (Å²) in [6.45, 7) is 2.35. The second kappa shape index (κ2) is 8.77. The van der Waals surface area contributed by atoms with Gasteiger partial charge in [-0.05, 0) is 62.0 Å². The van der Waals surface area contributed by atoms with Gasteiger partial charge in [0.25, 0.3) is 5.91 Å². The zero-order valence-electron chi connectivity index (χ0n) is 20.3. The number of amides is 3. The van der Waals surface area contributed by atoms with E-state index in [2.05, 4.69) is 9.72 Å². The van der Waals surface area contributed by atoms with Crippen molar-refractivity contribution in [2.45, 2.75) is 38.5 Å². The monoisotopic (exact) mass is 498 g/mol. The van der Waals surface area contributed by atoms with Crippen LogP contribution in [0.3, 0.4) is 0 Å². The Morgan fingerprint density at radius 2 is 2.03 bits per heavy atom. The Bertz CT molecular complexity index is 1340. The number of phenols is 1. The summed E-state index contributed by atoms with van der Waals surface area (Å²) in [5, 5.41) is 10.9. The van der Waals surface area contributed by atoms with Crippen molar-refractivity contribution >= 4 is 22.8 Å². The summed E-state index contributed by atoms with van der Waals surface area (Å²) in [4.78, 5) is 35.8. The number of aromatic nitrogens is 1. The van der Waals surface area contributed by atoms with Crippen LogP contribution >= 0.6 is 0 Å². The largest absolute Gasteiger partial charge is 0.508 e. The molecule has 2 aliphatic heterocycles. The first-order valence-electron chi connectivity index (χ1n) is 11.9. The molecule has 0 saturated carbocycles. The number of alkyl halides is 2. The second-order valence-electron chi connectivity index (χ2n) is 9.56. The van der Waals surface area contributed by atoms with Gasteiger partial charge in [-0.15, -0.1) is 0 Å². The predicted molar refractivity (Wildman–Crippen MR) is 129 cm³/mol. The van der Waals surface area contributed by atoms with E-state index < -0.39 is 24.2 Å². The number of urea groups is 1. The van der Waals surface area contributed by atoms with Crippen molar-refractivity contribution in [3.8, 4) is 11.5 Å². The van der Waals surface area contributed by atoms with E-state index in [-0.39, 0.29) is 30.4 Å². The first kappa shape index (κ1) is 24.1. The van der Waals surface area contributed by atoms with Gasteiger partial charge >= 0.3 is 12.6 Å². The average molecular weight is 499 g/mol. The maximum atomic E-state index is 13.8. The van der Waals surface area contributed by atoms with Crippen LogP contribution < -0.4 is 4.74 Å². The molecule has 3 aromatic rings. The van der Waals surface area contributed by atoms with E-state index in [4.69, 9.17) is 0 Å². The van der Waals surface area contributed by atoms with Crippen molar-refractivity contribution in [1.29, 1.82) is 0 Å². The molecule has 3 heterocycles. The van der Waals surface area contributed by atoms with Gasteiger partial charge in [0, 0.05) is 36.1 Å². The van der Waals surface area contributed by atoms with E-state index in [0.717, 1.165) is 12.1 Å². The van der Waals surface area contributed by atoms with Gasteiger partial charge < -0.3 is 19.7 Å². The first-order valence-corrected chi connectivity index (χ1v) is 11.9. The van der Waals surface area contributed by atoms with E-state index >= 15 is 0 Å². The maximum absolute atomic E-state index is 13.8. The van der Waals surface area contributed by atoms with Gasteiger partial charge in [0.1, 0.15) is 23.1 Å². The Morgan fingerprint density at radius 1 is 1.25 bits per heavy atom. The third-order valence-corrected chi connectivity index (χ3v) is 7.29. The Kier molecular flexibility index (Phi) is 5.86. The molecule has 0 spiro atoms. The highest BCUT2D eigenvalue weighted by Crippen LogP contribution is 2.49. The van der Waals surface area contributed by atoms with E-state index in [1.165, 1.54) is 23.1 Å². The van der Waals surface area contributed by atoms with Crippen LogP contribution in [0.4, 0.5) is 13.6 Å². The van der Waals surface area contributed by atoms with Crippen molar-refractivity contribution < 1.29 is 28.2 Å². The number of nitrogens with zero attached hydrogens (tertiary/aromatic N) is 3. The predicted octanol–water partition coefficient (Wildman–Crippen LogP) is 4.10. The van der Waals surface area contributed by atoms with Gasteiger partial charge in [-0.25, -0.2) is 4.79 Å². The van der Waals surface area contributed by atoms with Crippen molar-refractivity contribution in [2.75, 3.05) is 26.7 Å². The number of aromatic amines is 1. The third kappa shape index (κ3) is 3.76. The molecule has 2 atom stereocenters. The number of phenolic OH excluding ortho intramolecular Hbond substituents is 1. The number of ether oxygens (including phenoxy) is 1. The Labute approximate surface area is 207 Å². The standard InChI is InChI=1S/C26H28F2N4O4/c1-4-30(3)10-11-31-23(34)26(2)14-19-18-13-17(36-24(27)28)8-9-20(18)29-21(19)22(32(26)25(31)35)15-6-5-7-16(33)12-15/h5-9,12-13,22,24,29,33H,4,10-11,14H2,1-3H3/t22-,26+/m1/s1. The minimum atomic E-state index is -2.96. The van der Waals surface area contributed by atoms with E-state index in [9.17, 15) is 23.5 Å². The highest BCUT2D eigenvalue weighted by Gasteiger charge is 2.60. The van der Waals surface area contributed by atoms with E-state index in [1.54, 1.807) is 36.1 Å². The number of likely N-dealkylation sites (N-methyl/N-ethyl adjacent to an activating group) is 1. The van der Waals surface area contributed by atoms with Gasteiger partial charge in [0.05, 0.1) is 0 Å². The lowest BCUT2D eigenvalue weighted by atomic mass is 9.81. The summed E-state index contributed by atoms with van der Waals surface area (Å²) in [6.07, 6.45) is 0.209. The molecule has 3 amide bonds. The fourth-order valence-electron chi connectivity index (χ4n) is 5.34. The van der Waals surface area contributed by atoms with Gasteiger partial charge in [-0.2, -0.15) is 8.78 Å². The molecule has 2 N–H and O–H groups in total. The highest BCUT2D eigenvalue weighted by atomic mass is 19.3. The van der Waals surface area contributed by atoms with Crippen molar-refractivity contribution in [2.24, 2.45) is 0 Å². The van der Waals surface area contributed by atoms with Crippen molar-refractivity contribution in [3.05, 3.63) is 59.3 Å². The molecule has 0 aliphatic carbocycles. The summed E-state index contributed by atoms with van der Waals surface area (Å²) in [7, 11) is 1.92. The van der Waals surface area contributed by atoms with Crippen molar-refractivity contribution in [1.82, 2.24) is 19.7 Å². The number of benzene rings is 2. The molecule has 5 rings (SSSR count). The number of H-pyrrole nitrogens is 1. The summed E-state index contributed by atoms with van der Waals surface area (Å²) < 4.78 is 30.4. The van der Waals surface area contributed by atoms with Crippen LogP contribution in [0.15, 0.2) is 42.5 Å². The summed E-state index contributed by atoms with van der Waals surface area (Å²) >= 11 is 0. The smallest absolute Gasteiger partial charge is 0.387 e. The van der Waals surface area contributed by atoms with Crippen LogP contribution in [0.25, 0.3) is 10.9 Å². The Balaban J connectivity index is 1.66. The molecule has 10 heteroatoms. The number of carbonyl (C=O) groups excluding carboxylic acids is 2. The first-order chi connectivity index (χ1) is 17.1. The zero-order chi connectivity index (χ0) is 25.8. The average Bonchev–Trinajstić information content (AvgIpc) is 3.27. The summed E-state index contributed by atoms with van der Waals surface area (Å²) in [5.74, 6) is -0.259. The molecule has 2 aliphatic rings. The molecule has 0 radical (unpaired) electrons. The molecule has 0 bridgehead atoms. The number of nitrogens with one attached hydrogen (secondary N) is 1.